The average molecular weight is 321 g/mol. The van der Waals surface area contributed by atoms with Crippen LogP contribution in [0.25, 0.3) is 0 Å². The number of aryl methyl sites for hydroxylation is 1. The zero-order chi connectivity index (χ0) is 15.7. The average Bonchev–Trinajstić information content (AvgIpc) is 3.19. The second-order valence-corrected chi connectivity index (χ2v) is 8.47. The third-order valence-corrected chi connectivity index (χ3v) is 5.79. The normalized spacial score (nSPS) is 25.7. The molecule has 3 rings (SSSR count). The number of rotatable bonds is 5. The Kier molecular flexibility index (Phi) is 4.88. The summed E-state index contributed by atoms with van der Waals surface area (Å²) in [7, 11) is 0. The van der Waals surface area contributed by atoms with Crippen LogP contribution in [0, 0.1) is 18.8 Å². The number of hydrogen-bond donors (Lipinski definition) is 0. The fourth-order valence-electron chi connectivity index (χ4n) is 3.24. The molecule has 0 unspecified atom stereocenters. The van der Waals surface area contributed by atoms with Gasteiger partial charge in [0.05, 0.1) is 6.10 Å². The van der Waals surface area contributed by atoms with Crippen LogP contribution < -0.4 is 0 Å². The number of carbonyl (C=O) groups excluding carboxylic acids is 1. The molecule has 0 spiro atoms. The lowest BCUT2D eigenvalue weighted by atomic mass is 10.1. The van der Waals surface area contributed by atoms with Crippen molar-refractivity contribution in [2.45, 2.75) is 52.1 Å². The second kappa shape index (κ2) is 6.71. The molecule has 1 aromatic rings. The van der Waals surface area contributed by atoms with Crippen molar-refractivity contribution in [2.24, 2.45) is 11.8 Å². The number of carbonyl (C=O) groups is 1. The van der Waals surface area contributed by atoms with E-state index in [2.05, 4.69) is 37.8 Å². The third-order valence-electron chi connectivity index (χ3n) is 4.65. The van der Waals surface area contributed by atoms with Crippen molar-refractivity contribution < 1.29 is 9.53 Å². The molecule has 2 heterocycles. The quantitative estimate of drug-likeness (QED) is 0.825. The minimum absolute atomic E-state index is 0.242. The van der Waals surface area contributed by atoms with Crippen molar-refractivity contribution in [2.75, 3.05) is 19.7 Å². The summed E-state index contributed by atoms with van der Waals surface area (Å²) in [5, 5.41) is 0. The van der Waals surface area contributed by atoms with Crippen molar-refractivity contribution >= 4 is 17.2 Å². The van der Waals surface area contributed by atoms with E-state index in [9.17, 15) is 4.79 Å². The fraction of sp³-hybridized carbons (Fsp3) is 0.722. The first-order valence-corrected chi connectivity index (χ1v) is 9.33. The van der Waals surface area contributed by atoms with E-state index in [0.717, 1.165) is 39.0 Å². The predicted molar refractivity (Wildman–Crippen MR) is 90.3 cm³/mol. The van der Waals surface area contributed by atoms with E-state index in [1.807, 2.05) is 11.3 Å². The molecule has 0 radical (unpaired) electrons. The fourth-order valence-corrected chi connectivity index (χ4v) is 4.30. The van der Waals surface area contributed by atoms with E-state index in [1.165, 1.54) is 9.75 Å². The van der Waals surface area contributed by atoms with E-state index in [0.29, 0.717) is 23.8 Å². The molecule has 2 aliphatic rings. The summed E-state index contributed by atoms with van der Waals surface area (Å²) < 4.78 is 5.91. The lowest BCUT2D eigenvalue weighted by molar-refractivity contribution is -0.135. The van der Waals surface area contributed by atoms with Crippen LogP contribution >= 0.6 is 11.3 Å². The summed E-state index contributed by atoms with van der Waals surface area (Å²) >= 11 is 1.85. The monoisotopic (exact) mass is 321 g/mol. The Morgan fingerprint density at radius 3 is 2.68 bits per heavy atom. The first kappa shape index (κ1) is 16.0. The first-order chi connectivity index (χ1) is 10.5. The van der Waals surface area contributed by atoms with E-state index in [4.69, 9.17) is 4.74 Å². The van der Waals surface area contributed by atoms with Gasteiger partial charge in [0.15, 0.2) is 0 Å². The highest BCUT2D eigenvalue weighted by Gasteiger charge is 2.46. The van der Waals surface area contributed by atoms with Gasteiger partial charge in [-0.15, -0.1) is 11.3 Å². The standard InChI is InChI=1S/C18H27NO2S/c1-12(2)11-21-14-6-8-19(9-7-14)18(20)16-10-15(16)17-5-4-13(3)22-17/h4-5,12,14-16H,6-11H2,1-3H3/t15-,16-/m1/s1. The molecule has 2 atom stereocenters. The van der Waals surface area contributed by atoms with Crippen molar-refractivity contribution in [1.82, 2.24) is 4.90 Å². The number of piperidine rings is 1. The molecule has 1 saturated carbocycles. The lowest BCUT2D eigenvalue weighted by Crippen LogP contribution is -2.42. The van der Waals surface area contributed by atoms with Gasteiger partial charge in [-0.2, -0.15) is 0 Å². The number of hydrogen-bond acceptors (Lipinski definition) is 3. The molecule has 0 N–H and O–H groups in total. The summed E-state index contributed by atoms with van der Waals surface area (Å²) in [5.41, 5.74) is 0. The summed E-state index contributed by atoms with van der Waals surface area (Å²) in [6.07, 6.45) is 3.38. The molecule has 1 aliphatic heterocycles. The van der Waals surface area contributed by atoms with E-state index < -0.39 is 0 Å². The van der Waals surface area contributed by atoms with E-state index >= 15 is 0 Å². The Hall–Kier alpha value is -0.870. The molecule has 0 bridgehead atoms. The molecule has 22 heavy (non-hydrogen) atoms. The number of ether oxygens (including phenoxy) is 1. The second-order valence-electron chi connectivity index (χ2n) is 7.15. The minimum Gasteiger partial charge on any atom is -0.378 e. The Morgan fingerprint density at radius 2 is 2.09 bits per heavy atom. The maximum Gasteiger partial charge on any atom is 0.226 e. The van der Waals surface area contributed by atoms with Gasteiger partial charge in [-0.1, -0.05) is 13.8 Å². The van der Waals surface area contributed by atoms with Crippen molar-refractivity contribution in [3.8, 4) is 0 Å². The Bertz CT molecular complexity index is 517. The zero-order valence-corrected chi connectivity index (χ0v) is 14.7. The highest BCUT2D eigenvalue weighted by Crippen LogP contribution is 2.50. The summed E-state index contributed by atoms with van der Waals surface area (Å²) in [6.45, 7) is 9.06. The zero-order valence-electron chi connectivity index (χ0n) is 13.9. The van der Waals surface area contributed by atoms with Crippen molar-refractivity contribution in [3.63, 3.8) is 0 Å². The summed E-state index contributed by atoms with van der Waals surface area (Å²) in [4.78, 5) is 17.4. The topological polar surface area (TPSA) is 29.5 Å². The van der Waals surface area contributed by atoms with Crippen molar-refractivity contribution in [3.05, 3.63) is 21.9 Å². The molecule has 122 valence electrons. The largest absolute Gasteiger partial charge is 0.378 e. The molecule has 0 aromatic carbocycles. The van der Waals surface area contributed by atoms with Gasteiger partial charge in [0.25, 0.3) is 0 Å². The van der Waals surface area contributed by atoms with Gasteiger partial charge >= 0.3 is 0 Å². The van der Waals surface area contributed by atoms with Gasteiger partial charge in [-0.25, -0.2) is 0 Å². The van der Waals surface area contributed by atoms with Gasteiger partial charge in [-0.3, -0.25) is 4.79 Å². The third kappa shape index (κ3) is 3.72. The number of amides is 1. The SMILES string of the molecule is Cc1ccc([C@@H]2C[C@H]2C(=O)N2CCC(OCC(C)C)CC2)s1. The van der Waals surface area contributed by atoms with Crippen LogP contribution in [0.3, 0.4) is 0 Å². The molecular weight excluding hydrogens is 294 g/mol. The summed E-state index contributed by atoms with van der Waals surface area (Å²) in [6, 6.07) is 4.36. The highest BCUT2D eigenvalue weighted by molar-refractivity contribution is 7.12. The predicted octanol–water partition coefficient (Wildman–Crippen LogP) is 3.82. The van der Waals surface area contributed by atoms with Gasteiger partial charge < -0.3 is 9.64 Å². The molecular formula is C18H27NO2S. The van der Waals surface area contributed by atoms with Crippen LogP contribution in [0.4, 0.5) is 0 Å². The molecule has 1 saturated heterocycles. The molecule has 1 aliphatic carbocycles. The maximum atomic E-state index is 12.6. The minimum atomic E-state index is 0.242. The maximum absolute atomic E-state index is 12.6. The Balaban J connectivity index is 1.45. The lowest BCUT2D eigenvalue weighted by Gasteiger charge is -2.32. The van der Waals surface area contributed by atoms with Gasteiger partial charge in [-0.05, 0) is 44.2 Å². The molecule has 1 amide bonds. The van der Waals surface area contributed by atoms with Gasteiger partial charge in [0, 0.05) is 41.3 Å². The van der Waals surface area contributed by atoms with Crippen LogP contribution in [-0.4, -0.2) is 36.6 Å². The van der Waals surface area contributed by atoms with Crippen LogP contribution in [0.2, 0.25) is 0 Å². The van der Waals surface area contributed by atoms with Crippen LogP contribution in [0.1, 0.15) is 48.8 Å². The Labute approximate surface area is 137 Å². The van der Waals surface area contributed by atoms with Crippen LogP contribution in [0.15, 0.2) is 12.1 Å². The molecule has 2 fully saturated rings. The number of nitrogens with zero attached hydrogens (tertiary/aromatic N) is 1. The van der Waals surface area contributed by atoms with E-state index in [-0.39, 0.29) is 5.92 Å². The Morgan fingerprint density at radius 1 is 1.36 bits per heavy atom. The van der Waals surface area contributed by atoms with Gasteiger partial charge in [0.2, 0.25) is 5.91 Å². The molecule has 1 aromatic heterocycles. The summed E-state index contributed by atoms with van der Waals surface area (Å²) in [5.74, 6) is 1.69. The smallest absolute Gasteiger partial charge is 0.226 e. The van der Waals surface area contributed by atoms with Crippen LogP contribution in [0.5, 0.6) is 0 Å². The first-order valence-electron chi connectivity index (χ1n) is 8.51. The molecule has 3 nitrogen and oxygen atoms in total. The highest BCUT2D eigenvalue weighted by atomic mass is 32.1. The molecule has 4 heteroatoms. The number of thiophene rings is 1. The number of likely N-dealkylation sites (tertiary alicyclic amines) is 1. The van der Waals surface area contributed by atoms with E-state index in [1.54, 1.807) is 0 Å². The van der Waals surface area contributed by atoms with Gasteiger partial charge in [0.1, 0.15) is 0 Å². The van der Waals surface area contributed by atoms with Crippen molar-refractivity contribution in [1.29, 1.82) is 0 Å². The van der Waals surface area contributed by atoms with Crippen LogP contribution in [-0.2, 0) is 9.53 Å².